The molecule has 0 radical (unpaired) electrons. The molecule has 2 aromatic rings. The van der Waals surface area contributed by atoms with Gasteiger partial charge in [-0.05, 0) is 37.5 Å². The molecule has 156 valence electrons. The Morgan fingerprint density at radius 1 is 1.10 bits per heavy atom. The number of aromatic nitrogens is 2. The van der Waals surface area contributed by atoms with Gasteiger partial charge in [0.2, 0.25) is 0 Å². The molecule has 2 aliphatic rings. The minimum Gasteiger partial charge on any atom is -0.507 e. The predicted octanol–water partition coefficient (Wildman–Crippen LogP) is 3.66. The number of benzene rings is 1. The number of aromatic hydroxyl groups is 1. The van der Waals surface area contributed by atoms with Crippen LogP contribution in [-0.2, 0) is 23.9 Å². The molecule has 0 saturated heterocycles. The van der Waals surface area contributed by atoms with Crippen LogP contribution in [0.1, 0.15) is 42.4 Å². The number of hydrogen-bond acceptors (Lipinski definition) is 6. The standard InChI is InChI=1S/C20H22F3N3O3/c21-20(22,23)11-5-6-13(17(28)9-11)18-14-10-29-8-7-12(14)19(26-25-18)24-15-3-1-2-4-16(15)27/h5-6,9,15-16,27-28H,1-4,7-8,10H2,(H,24,26)/t15-,16-/m0/s1. The van der Waals surface area contributed by atoms with E-state index >= 15 is 0 Å². The lowest BCUT2D eigenvalue weighted by Crippen LogP contribution is -2.37. The summed E-state index contributed by atoms with van der Waals surface area (Å²) >= 11 is 0. The summed E-state index contributed by atoms with van der Waals surface area (Å²) in [6, 6.07) is 2.69. The van der Waals surface area contributed by atoms with Crippen LogP contribution in [0.3, 0.4) is 0 Å². The average molecular weight is 409 g/mol. The molecule has 0 spiro atoms. The molecule has 3 N–H and O–H groups in total. The van der Waals surface area contributed by atoms with Gasteiger partial charge < -0.3 is 20.3 Å². The Balaban J connectivity index is 1.71. The summed E-state index contributed by atoms with van der Waals surface area (Å²) in [5.41, 5.74) is 1.10. The zero-order valence-corrected chi connectivity index (χ0v) is 15.7. The van der Waals surface area contributed by atoms with E-state index in [9.17, 15) is 23.4 Å². The molecule has 6 nitrogen and oxygen atoms in total. The average Bonchev–Trinajstić information content (AvgIpc) is 2.69. The van der Waals surface area contributed by atoms with Crippen molar-refractivity contribution in [3.63, 3.8) is 0 Å². The second-order valence-corrected chi connectivity index (χ2v) is 7.49. The lowest BCUT2D eigenvalue weighted by molar-refractivity contribution is -0.137. The first-order chi connectivity index (χ1) is 13.8. The zero-order chi connectivity index (χ0) is 20.6. The van der Waals surface area contributed by atoms with Crippen LogP contribution < -0.4 is 5.32 Å². The quantitative estimate of drug-likeness (QED) is 0.717. The molecule has 1 aliphatic carbocycles. The summed E-state index contributed by atoms with van der Waals surface area (Å²) in [7, 11) is 0. The minimum atomic E-state index is -4.54. The third-order valence-electron chi connectivity index (χ3n) is 5.56. The molecule has 1 aliphatic heterocycles. The van der Waals surface area contributed by atoms with Crippen molar-refractivity contribution in [1.29, 1.82) is 0 Å². The fourth-order valence-electron chi connectivity index (χ4n) is 3.98. The maximum atomic E-state index is 12.9. The number of hydrogen-bond donors (Lipinski definition) is 3. The molecule has 29 heavy (non-hydrogen) atoms. The van der Waals surface area contributed by atoms with Crippen molar-refractivity contribution in [2.45, 2.75) is 57.0 Å². The first-order valence-corrected chi connectivity index (χ1v) is 9.66. The van der Waals surface area contributed by atoms with Crippen LogP contribution in [-0.4, -0.2) is 39.2 Å². The van der Waals surface area contributed by atoms with Gasteiger partial charge in [-0.25, -0.2) is 0 Å². The Hall–Kier alpha value is -2.39. The van der Waals surface area contributed by atoms with Crippen molar-refractivity contribution in [2.75, 3.05) is 11.9 Å². The highest BCUT2D eigenvalue weighted by molar-refractivity contribution is 5.73. The van der Waals surface area contributed by atoms with Crippen molar-refractivity contribution < 1.29 is 28.1 Å². The predicted molar refractivity (Wildman–Crippen MR) is 99.4 cm³/mol. The summed E-state index contributed by atoms with van der Waals surface area (Å²) < 4.78 is 44.2. The van der Waals surface area contributed by atoms with E-state index in [1.54, 1.807) is 0 Å². The molecule has 4 rings (SSSR count). The Morgan fingerprint density at radius 2 is 1.90 bits per heavy atom. The fraction of sp³-hybridized carbons (Fsp3) is 0.500. The van der Waals surface area contributed by atoms with Crippen LogP contribution in [0.15, 0.2) is 18.2 Å². The number of ether oxygens (including phenoxy) is 1. The summed E-state index contributed by atoms with van der Waals surface area (Å²) in [6.45, 7) is 0.710. The number of halogens is 3. The highest BCUT2D eigenvalue weighted by Crippen LogP contribution is 2.39. The van der Waals surface area contributed by atoms with Crippen LogP contribution >= 0.6 is 0 Å². The smallest absolute Gasteiger partial charge is 0.416 e. The molecule has 0 amide bonds. The van der Waals surface area contributed by atoms with Crippen LogP contribution in [0.4, 0.5) is 19.0 Å². The number of phenols is 1. The Kier molecular flexibility index (Phi) is 5.35. The lowest BCUT2D eigenvalue weighted by Gasteiger charge is -2.30. The summed E-state index contributed by atoms with van der Waals surface area (Å²) in [4.78, 5) is 0. The Labute approximate surface area is 165 Å². The third-order valence-corrected chi connectivity index (χ3v) is 5.56. The van der Waals surface area contributed by atoms with E-state index in [-0.39, 0.29) is 18.2 Å². The van der Waals surface area contributed by atoms with Gasteiger partial charge in [0.05, 0.1) is 30.9 Å². The molecule has 9 heteroatoms. The van der Waals surface area contributed by atoms with Gasteiger partial charge in [-0.3, -0.25) is 0 Å². The van der Waals surface area contributed by atoms with Gasteiger partial charge in [0.15, 0.2) is 5.82 Å². The summed E-state index contributed by atoms with van der Waals surface area (Å²) in [5, 5.41) is 32.2. The molecule has 0 bridgehead atoms. The van der Waals surface area contributed by atoms with Gasteiger partial charge in [-0.15, -0.1) is 10.2 Å². The largest absolute Gasteiger partial charge is 0.507 e. The molecular formula is C20H22F3N3O3. The number of rotatable bonds is 3. The van der Waals surface area contributed by atoms with E-state index in [0.717, 1.165) is 37.3 Å². The minimum absolute atomic E-state index is 0.115. The van der Waals surface area contributed by atoms with Crippen molar-refractivity contribution >= 4 is 5.82 Å². The first-order valence-electron chi connectivity index (χ1n) is 9.66. The van der Waals surface area contributed by atoms with Crippen LogP contribution in [0.2, 0.25) is 0 Å². The van der Waals surface area contributed by atoms with Crippen LogP contribution in [0.5, 0.6) is 5.75 Å². The number of nitrogens with one attached hydrogen (secondary N) is 1. The molecule has 1 aromatic heterocycles. The van der Waals surface area contributed by atoms with Gasteiger partial charge in [0.25, 0.3) is 0 Å². The Bertz CT molecular complexity index is 905. The van der Waals surface area contributed by atoms with Gasteiger partial charge >= 0.3 is 6.18 Å². The fourth-order valence-corrected chi connectivity index (χ4v) is 3.98. The molecule has 1 aromatic carbocycles. The number of aliphatic hydroxyl groups excluding tert-OH is 1. The number of fused-ring (bicyclic) bond motifs is 1. The number of aliphatic hydroxyl groups is 1. The molecule has 1 fully saturated rings. The summed E-state index contributed by atoms with van der Waals surface area (Å²) in [5.74, 6) is 0.0507. The van der Waals surface area contributed by atoms with Gasteiger partial charge in [0.1, 0.15) is 11.4 Å². The first kappa shape index (κ1) is 19.9. The van der Waals surface area contributed by atoms with E-state index in [1.165, 1.54) is 6.07 Å². The maximum absolute atomic E-state index is 12.9. The second-order valence-electron chi connectivity index (χ2n) is 7.49. The number of anilines is 1. The SMILES string of the molecule is Oc1cc(C(F)(F)F)ccc1-c1nnc(N[C@H]2CCCC[C@@H]2O)c2c1COCC2. The van der Waals surface area contributed by atoms with Gasteiger partial charge in [-0.2, -0.15) is 13.2 Å². The Morgan fingerprint density at radius 3 is 2.62 bits per heavy atom. The van der Waals surface area contributed by atoms with E-state index in [0.29, 0.717) is 36.2 Å². The normalized spacial score (nSPS) is 22.2. The van der Waals surface area contributed by atoms with Crippen molar-refractivity contribution in [1.82, 2.24) is 10.2 Å². The van der Waals surface area contributed by atoms with Crippen molar-refractivity contribution in [3.8, 4) is 17.0 Å². The van der Waals surface area contributed by atoms with E-state index in [4.69, 9.17) is 4.74 Å². The number of phenolic OH excluding ortho intramolecular Hbond substituents is 1. The summed E-state index contributed by atoms with van der Waals surface area (Å²) in [6.07, 6.45) is -0.875. The molecule has 2 atom stereocenters. The van der Waals surface area contributed by atoms with Crippen LogP contribution in [0, 0.1) is 0 Å². The monoisotopic (exact) mass is 409 g/mol. The van der Waals surface area contributed by atoms with E-state index in [1.807, 2.05) is 0 Å². The van der Waals surface area contributed by atoms with Crippen molar-refractivity contribution in [2.24, 2.45) is 0 Å². The second kappa shape index (κ2) is 7.79. The number of nitrogens with zero attached hydrogens (tertiary/aromatic N) is 2. The van der Waals surface area contributed by atoms with Crippen LogP contribution in [0.25, 0.3) is 11.3 Å². The zero-order valence-electron chi connectivity index (χ0n) is 15.7. The highest BCUT2D eigenvalue weighted by atomic mass is 19.4. The van der Waals surface area contributed by atoms with E-state index in [2.05, 4.69) is 15.5 Å². The topological polar surface area (TPSA) is 87.5 Å². The third kappa shape index (κ3) is 4.02. The molecule has 2 heterocycles. The molecular weight excluding hydrogens is 387 g/mol. The lowest BCUT2D eigenvalue weighted by atomic mass is 9.92. The maximum Gasteiger partial charge on any atom is 0.416 e. The highest BCUT2D eigenvalue weighted by Gasteiger charge is 2.32. The number of alkyl halides is 3. The molecule has 0 unspecified atom stereocenters. The molecule has 1 saturated carbocycles. The van der Waals surface area contributed by atoms with Crippen molar-refractivity contribution in [3.05, 3.63) is 34.9 Å². The van der Waals surface area contributed by atoms with Gasteiger partial charge in [-0.1, -0.05) is 12.8 Å². The van der Waals surface area contributed by atoms with E-state index < -0.39 is 23.6 Å². The van der Waals surface area contributed by atoms with Gasteiger partial charge in [0, 0.05) is 16.7 Å².